The first-order valence-corrected chi connectivity index (χ1v) is 12.3. The molecule has 1 N–H and O–H groups in total. The molecule has 0 saturated heterocycles. The first kappa shape index (κ1) is 22.5. The van der Waals surface area contributed by atoms with Crippen LogP contribution >= 0.6 is 0 Å². The van der Waals surface area contributed by atoms with Crippen LogP contribution in [-0.2, 0) is 23.2 Å². The standard InChI is InChI=1S/C25H30N4O2S/c1-18(2)16-29-17-20(11-14-27-32(30,31)28(3)4)22-10-9-19(15-25(22)29)21-12-13-26-24-8-6-5-7-23(21)24/h5-10,12-13,15,17-18,27H,11,14,16H2,1-4H3. The normalized spacial score (nSPS) is 12.4. The fraction of sp³-hybridized carbons (Fsp3) is 0.320. The molecular formula is C25H30N4O2S. The fourth-order valence-corrected chi connectivity index (χ4v) is 4.69. The van der Waals surface area contributed by atoms with Crippen LogP contribution in [0.1, 0.15) is 19.4 Å². The Hall–Kier alpha value is -2.74. The molecule has 0 aliphatic carbocycles. The monoisotopic (exact) mass is 450 g/mol. The molecule has 6 nitrogen and oxygen atoms in total. The maximum absolute atomic E-state index is 12.0. The highest BCUT2D eigenvalue weighted by molar-refractivity contribution is 7.87. The third-order valence-corrected chi connectivity index (χ3v) is 7.18. The highest BCUT2D eigenvalue weighted by atomic mass is 32.2. The number of nitrogens with one attached hydrogen (secondary N) is 1. The zero-order chi connectivity index (χ0) is 22.9. The van der Waals surface area contributed by atoms with Crippen molar-refractivity contribution in [2.24, 2.45) is 5.92 Å². The molecule has 7 heteroatoms. The molecule has 0 spiro atoms. The summed E-state index contributed by atoms with van der Waals surface area (Å²) < 4.78 is 30.2. The van der Waals surface area contributed by atoms with Gasteiger partial charge in [-0.05, 0) is 47.2 Å². The minimum atomic E-state index is -3.43. The molecule has 2 heterocycles. The predicted molar refractivity (Wildman–Crippen MR) is 132 cm³/mol. The molecule has 0 fully saturated rings. The minimum absolute atomic E-state index is 0.359. The van der Waals surface area contributed by atoms with Crippen LogP contribution in [0.2, 0.25) is 0 Å². The number of aromatic nitrogens is 2. The van der Waals surface area contributed by atoms with Crippen molar-refractivity contribution in [2.75, 3.05) is 20.6 Å². The van der Waals surface area contributed by atoms with Crippen LogP contribution in [0, 0.1) is 5.92 Å². The topological polar surface area (TPSA) is 67.2 Å². The van der Waals surface area contributed by atoms with E-state index in [1.54, 1.807) is 0 Å². The number of para-hydroxylation sites is 1. The molecule has 0 unspecified atom stereocenters. The Morgan fingerprint density at radius 2 is 1.84 bits per heavy atom. The second kappa shape index (κ2) is 9.02. The second-order valence-corrected chi connectivity index (χ2v) is 10.7. The van der Waals surface area contributed by atoms with Gasteiger partial charge in [-0.3, -0.25) is 4.98 Å². The molecule has 4 aromatic rings. The van der Waals surface area contributed by atoms with Crippen molar-refractivity contribution in [3.05, 3.63) is 66.5 Å². The largest absolute Gasteiger partial charge is 0.347 e. The van der Waals surface area contributed by atoms with Crippen LogP contribution in [0.5, 0.6) is 0 Å². The van der Waals surface area contributed by atoms with Gasteiger partial charge in [0.25, 0.3) is 10.2 Å². The fourth-order valence-electron chi connectivity index (χ4n) is 4.07. The van der Waals surface area contributed by atoms with Gasteiger partial charge >= 0.3 is 0 Å². The second-order valence-electron chi connectivity index (χ2n) is 8.74. The highest BCUT2D eigenvalue weighted by Crippen LogP contribution is 2.32. The van der Waals surface area contributed by atoms with Gasteiger partial charge < -0.3 is 4.57 Å². The molecule has 0 bridgehead atoms. The van der Waals surface area contributed by atoms with E-state index in [4.69, 9.17) is 0 Å². The molecule has 168 valence electrons. The van der Waals surface area contributed by atoms with Gasteiger partial charge in [0, 0.05) is 55.9 Å². The number of hydrogen-bond acceptors (Lipinski definition) is 3. The van der Waals surface area contributed by atoms with Gasteiger partial charge in [-0.2, -0.15) is 12.7 Å². The van der Waals surface area contributed by atoms with Crippen LogP contribution < -0.4 is 4.72 Å². The van der Waals surface area contributed by atoms with Crippen molar-refractivity contribution in [3.63, 3.8) is 0 Å². The van der Waals surface area contributed by atoms with E-state index in [1.165, 1.54) is 23.9 Å². The molecule has 4 rings (SSSR count). The van der Waals surface area contributed by atoms with Crippen molar-refractivity contribution < 1.29 is 8.42 Å². The van der Waals surface area contributed by atoms with Gasteiger partial charge in [0.05, 0.1) is 5.52 Å². The first-order chi connectivity index (χ1) is 15.3. The van der Waals surface area contributed by atoms with E-state index in [9.17, 15) is 8.42 Å². The van der Waals surface area contributed by atoms with E-state index in [-0.39, 0.29) is 0 Å². The average Bonchev–Trinajstić information content (AvgIpc) is 3.09. The molecule has 0 radical (unpaired) electrons. The molecule has 32 heavy (non-hydrogen) atoms. The summed E-state index contributed by atoms with van der Waals surface area (Å²) in [5.74, 6) is 0.496. The third kappa shape index (κ3) is 4.55. The van der Waals surface area contributed by atoms with Crippen LogP contribution in [0.15, 0.2) is 60.9 Å². The summed E-state index contributed by atoms with van der Waals surface area (Å²) in [4.78, 5) is 4.49. The Morgan fingerprint density at radius 3 is 2.59 bits per heavy atom. The number of rotatable bonds is 8. The maximum Gasteiger partial charge on any atom is 0.278 e. The molecular weight excluding hydrogens is 420 g/mol. The van der Waals surface area contributed by atoms with Crippen molar-refractivity contribution in [2.45, 2.75) is 26.8 Å². The van der Waals surface area contributed by atoms with Crippen LogP contribution in [0.4, 0.5) is 0 Å². The Balaban J connectivity index is 1.73. The Labute approximate surface area is 190 Å². The van der Waals surface area contributed by atoms with E-state index in [0.29, 0.717) is 18.9 Å². The lowest BCUT2D eigenvalue weighted by Gasteiger charge is -2.12. The van der Waals surface area contributed by atoms with Gasteiger partial charge in [0.15, 0.2) is 0 Å². The van der Waals surface area contributed by atoms with E-state index in [2.05, 4.69) is 64.6 Å². The average molecular weight is 451 g/mol. The summed E-state index contributed by atoms with van der Waals surface area (Å²) in [5.41, 5.74) is 5.61. The van der Waals surface area contributed by atoms with E-state index in [1.807, 2.05) is 24.4 Å². The summed E-state index contributed by atoms with van der Waals surface area (Å²) in [6, 6.07) is 16.8. The van der Waals surface area contributed by atoms with Gasteiger partial charge in [-0.1, -0.05) is 44.2 Å². The quantitative estimate of drug-likeness (QED) is 0.431. The number of hydrogen-bond donors (Lipinski definition) is 1. The van der Waals surface area contributed by atoms with Gasteiger partial charge in [0.2, 0.25) is 0 Å². The number of benzene rings is 2. The van der Waals surface area contributed by atoms with Crippen LogP contribution in [0.3, 0.4) is 0 Å². The SMILES string of the molecule is CC(C)Cn1cc(CCNS(=O)(=O)N(C)C)c2ccc(-c3ccnc4ccccc34)cc21. The Kier molecular flexibility index (Phi) is 6.33. The highest BCUT2D eigenvalue weighted by Gasteiger charge is 2.15. The number of fused-ring (bicyclic) bond motifs is 2. The van der Waals surface area contributed by atoms with E-state index in [0.717, 1.165) is 39.5 Å². The molecule has 2 aromatic carbocycles. The van der Waals surface area contributed by atoms with E-state index >= 15 is 0 Å². The summed E-state index contributed by atoms with van der Waals surface area (Å²) >= 11 is 0. The molecule has 0 amide bonds. The zero-order valence-corrected chi connectivity index (χ0v) is 19.9. The number of pyridine rings is 1. The van der Waals surface area contributed by atoms with Crippen molar-refractivity contribution in [1.82, 2.24) is 18.6 Å². The lowest BCUT2D eigenvalue weighted by Crippen LogP contribution is -2.36. The Morgan fingerprint density at radius 1 is 1.06 bits per heavy atom. The lowest BCUT2D eigenvalue weighted by molar-refractivity contribution is 0.506. The third-order valence-electron chi connectivity index (χ3n) is 5.65. The Bertz CT molecular complexity index is 1350. The zero-order valence-electron chi connectivity index (χ0n) is 19.0. The summed E-state index contributed by atoms with van der Waals surface area (Å²) in [5, 5.41) is 2.30. The molecule has 0 atom stereocenters. The number of nitrogens with zero attached hydrogens (tertiary/aromatic N) is 3. The van der Waals surface area contributed by atoms with Crippen LogP contribution in [0.25, 0.3) is 32.9 Å². The van der Waals surface area contributed by atoms with Gasteiger partial charge in [-0.25, -0.2) is 4.72 Å². The smallest absolute Gasteiger partial charge is 0.278 e. The molecule has 0 aliphatic rings. The minimum Gasteiger partial charge on any atom is -0.347 e. The molecule has 0 aliphatic heterocycles. The van der Waals surface area contributed by atoms with Gasteiger partial charge in [0.1, 0.15) is 0 Å². The maximum atomic E-state index is 12.0. The summed E-state index contributed by atoms with van der Waals surface area (Å²) in [6.07, 6.45) is 4.66. The summed E-state index contributed by atoms with van der Waals surface area (Å²) in [6.45, 7) is 5.67. The predicted octanol–water partition coefficient (Wildman–Crippen LogP) is 4.45. The van der Waals surface area contributed by atoms with Crippen molar-refractivity contribution in [1.29, 1.82) is 0 Å². The van der Waals surface area contributed by atoms with E-state index < -0.39 is 10.2 Å². The molecule has 0 saturated carbocycles. The lowest BCUT2D eigenvalue weighted by atomic mass is 9.99. The van der Waals surface area contributed by atoms with Gasteiger partial charge in [-0.15, -0.1) is 0 Å². The van der Waals surface area contributed by atoms with Crippen molar-refractivity contribution >= 4 is 32.0 Å². The molecule has 2 aromatic heterocycles. The summed E-state index contributed by atoms with van der Waals surface area (Å²) in [7, 11) is -0.369. The van der Waals surface area contributed by atoms with Crippen LogP contribution in [-0.4, -0.2) is 42.9 Å². The van der Waals surface area contributed by atoms with Crippen molar-refractivity contribution in [3.8, 4) is 11.1 Å². The first-order valence-electron chi connectivity index (χ1n) is 10.9.